The molecule has 2 aromatic heterocycles. The first-order chi connectivity index (χ1) is 15.7. The highest BCUT2D eigenvalue weighted by Crippen LogP contribution is 2.32. The molecule has 4 heterocycles. The number of nitrogens with one attached hydrogen (secondary N) is 1. The molecule has 0 amide bonds. The fourth-order valence-corrected chi connectivity index (χ4v) is 5.99. The van der Waals surface area contributed by atoms with E-state index in [1.54, 1.807) is 18.4 Å². The molecule has 0 spiro atoms. The zero-order chi connectivity index (χ0) is 21.9. The van der Waals surface area contributed by atoms with Crippen molar-refractivity contribution < 1.29 is 14.0 Å². The van der Waals surface area contributed by atoms with Gasteiger partial charge in [-0.3, -0.25) is 0 Å². The fourth-order valence-electron chi connectivity index (χ4n) is 4.08. The number of piperidine rings is 1. The Balaban J connectivity index is 1.24. The number of anilines is 2. The number of aromatic nitrogens is 2. The van der Waals surface area contributed by atoms with Crippen LogP contribution in [0.2, 0.25) is 0 Å². The van der Waals surface area contributed by atoms with E-state index < -0.39 is 11.4 Å². The van der Waals surface area contributed by atoms with Crippen molar-refractivity contribution in [2.45, 2.75) is 23.8 Å². The molecule has 170 valence electrons. The minimum atomic E-state index is -1.24. The van der Waals surface area contributed by atoms with Gasteiger partial charge in [-0.1, -0.05) is 0 Å². The first kappa shape index (κ1) is 21.7. The number of methoxy groups -OCH3 is 1. The Labute approximate surface area is 194 Å². The maximum absolute atomic E-state index is 12.7. The summed E-state index contributed by atoms with van der Waals surface area (Å²) in [5.41, 5.74) is 1.00. The Hall–Kier alpha value is -2.11. The maximum Gasteiger partial charge on any atom is 0.227 e. The topological polar surface area (TPSA) is 85.8 Å². The van der Waals surface area contributed by atoms with Gasteiger partial charge in [0.05, 0.1) is 47.9 Å². The van der Waals surface area contributed by atoms with Gasteiger partial charge < -0.3 is 23.8 Å². The predicted octanol–water partition coefficient (Wildman–Crippen LogP) is 2.82. The zero-order valence-corrected chi connectivity index (χ0v) is 19.7. The third-order valence-electron chi connectivity index (χ3n) is 5.91. The van der Waals surface area contributed by atoms with Crippen molar-refractivity contribution in [3.05, 3.63) is 35.7 Å². The minimum absolute atomic E-state index is 0.192. The molecule has 5 rings (SSSR count). The molecule has 8 nitrogen and oxygen atoms in total. The van der Waals surface area contributed by atoms with Gasteiger partial charge >= 0.3 is 0 Å². The van der Waals surface area contributed by atoms with E-state index in [0.717, 1.165) is 84.9 Å². The highest BCUT2D eigenvalue weighted by molar-refractivity contribution is 7.89. The van der Waals surface area contributed by atoms with Crippen molar-refractivity contribution in [1.29, 1.82) is 0 Å². The van der Waals surface area contributed by atoms with E-state index in [-0.39, 0.29) is 6.04 Å². The molecule has 1 aromatic carbocycles. The summed E-state index contributed by atoms with van der Waals surface area (Å²) < 4.78 is 27.8. The van der Waals surface area contributed by atoms with Gasteiger partial charge in [0.15, 0.2) is 10.7 Å². The third-order valence-corrected chi connectivity index (χ3v) is 8.06. The maximum atomic E-state index is 12.7. The summed E-state index contributed by atoms with van der Waals surface area (Å²) >= 11 is 0.453. The molecule has 2 fully saturated rings. The average molecular weight is 474 g/mol. The Kier molecular flexibility index (Phi) is 6.65. The second-order valence-electron chi connectivity index (χ2n) is 7.91. The van der Waals surface area contributed by atoms with Crippen molar-refractivity contribution in [1.82, 2.24) is 14.7 Å². The quantitative estimate of drug-likeness (QED) is 0.547. The molecule has 0 aliphatic carbocycles. The number of hydrogen-bond donors (Lipinski definition) is 1. The lowest BCUT2D eigenvalue weighted by atomic mass is 10.1. The molecular formula is C22H27N5O3S2. The number of hydrogen-bond acceptors (Lipinski definition) is 9. The zero-order valence-electron chi connectivity index (χ0n) is 18.0. The van der Waals surface area contributed by atoms with Crippen molar-refractivity contribution in [2.75, 3.05) is 56.3 Å². The number of morpholine rings is 1. The molecule has 1 N–H and O–H groups in total. The third kappa shape index (κ3) is 4.65. The summed E-state index contributed by atoms with van der Waals surface area (Å²) in [6.45, 7) is 4.83. The van der Waals surface area contributed by atoms with Crippen molar-refractivity contribution >= 4 is 44.7 Å². The number of rotatable bonds is 6. The normalized spacial score (nSPS) is 18.8. The van der Waals surface area contributed by atoms with Gasteiger partial charge in [0.2, 0.25) is 5.95 Å². The standard InChI is InChI=1S/C22H27N5O3S2/c1-29-17-2-4-18(5-3-17)32(28)25-16-6-9-27(10-7-16)22-23-19-8-15-31-20(19)21(24-22)26-11-13-30-14-12-26/h2-5,8,15-16,25H,6-7,9-14H2,1H3. The first-order valence-corrected chi connectivity index (χ1v) is 12.9. The van der Waals surface area contributed by atoms with E-state index in [2.05, 4.69) is 26.0 Å². The van der Waals surface area contributed by atoms with Crippen LogP contribution in [0.5, 0.6) is 5.75 Å². The number of nitrogens with zero attached hydrogens (tertiary/aromatic N) is 4. The Morgan fingerprint density at radius 2 is 1.81 bits per heavy atom. The molecule has 2 saturated heterocycles. The van der Waals surface area contributed by atoms with E-state index >= 15 is 0 Å². The summed E-state index contributed by atoms with van der Waals surface area (Å²) in [4.78, 5) is 15.1. The smallest absolute Gasteiger partial charge is 0.227 e. The first-order valence-electron chi connectivity index (χ1n) is 10.9. The lowest BCUT2D eigenvalue weighted by Crippen LogP contribution is -2.45. The van der Waals surface area contributed by atoms with Crippen molar-refractivity contribution in [2.24, 2.45) is 0 Å². The Morgan fingerprint density at radius 1 is 1.06 bits per heavy atom. The summed E-state index contributed by atoms with van der Waals surface area (Å²) in [5, 5.41) is 2.08. The fraction of sp³-hybridized carbons (Fsp3) is 0.455. The lowest BCUT2D eigenvalue weighted by Gasteiger charge is -2.33. The van der Waals surface area contributed by atoms with E-state index in [9.17, 15) is 4.55 Å². The van der Waals surface area contributed by atoms with Crippen LogP contribution in [0.1, 0.15) is 12.8 Å². The highest BCUT2D eigenvalue weighted by atomic mass is 32.2. The van der Waals surface area contributed by atoms with E-state index in [4.69, 9.17) is 19.4 Å². The molecular weight excluding hydrogens is 446 g/mol. The number of fused-ring (bicyclic) bond motifs is 1. The highest BCUT2D eigenvalue weighted by Gasteiger charge is 2.27. The average Bonchev–Trinajstić information content (AvgIpc) is 3.33. The molecule has 1 unspecified atom stereocenters. The van der Waals surface area contributed by atoms with Crippen LogP contribution >= 0.6 is 11.3 Å². The molecule has 1 atom stereocenters. The Bertz CT molecular complexity index is 1030. The van der Waals surface area contributed by atoms with Gasteiger partial charge in [0.1, 0.15) is 5.75 Å². The molecule has 10 heteroatoms. The van der Waals surface area contributed by atoms with Gasteiger partial charge in [-0.05, 0) is 48.6 Å². The minimum Gasteiger partial charge on any atom is -0.593 e. The van der Waals surface area contributed by atoms with Crippen LogP contribution in [0.15, 0.2) is 40.6 Å². The van der Waals surface area contributed by atoms with E-state index in [1.807, 2.05) is 24.3 Å². The second-order valence-corrected chi connectivity index (χ2v) is 10.1. The van der Waals surface area contributed by atoms with Gasteiger partial charge in [0, 0.05) is 26.2 Å². The van der Waals surface area contributed by atoms with Crippen LogP contribution in [0.3, 0.4) is 0 Å². The van der Waals surface area contributed by atoms with Gasteiger partial charge in [0.25, 0.3) is 0 Å². The number of thiophene rings is 1. The monoisotopic (exact) mass is 473 g/mol. The summed E-state index contributed by atoms with van der Waals surface area (Å²) in [7, 11) is 1.63. The second kappa shape index (κ2) is 9.80. The summed E-state index contributed by atoms with van der Waals surface area (Å²) in [6, 6.07) is 9.62. The molecule has 3 aromatic rings. The summed E-state index contributed by atoms with van der Waals surface area (Å²) in [6.07, 6.45) is 1.78. The number of benzene rings is 1. The van der Waals surface area contributed by atoms with E-state index in [0.29, 0.717) is 0 Å². The molecule has 32 heavy (non-hydrogen) atoms. The largest absolute Gasteiger partial charge is 0.593 e. The SMILES string of the molecule is COc1ccc([S+]([O-])NC2CCN(c3nc(N4CCOCC4)c4sccc4n3)CC2)cc1. The number of ether oxygens (including phenoxy) is 2. The molecule has 0 saturated carbocycles. The van der Waals surface area contributed by atoms with Crippen molar-refractivity contribution in [3.63, 3.8) is 0 Å². The Morgan fingerprint density at radius 3 is 2.53 bits per heavy atom. The van der Waals surface area contributed by atoms with Crippen LogP contribution in [-0.2, 0) is 16.1 Å². The molecule has 0 radical (unpaired) electrons. The van der Waals surface area contributed by atoms with Crippen LogP contribution in [0.4, 0.5) is 11.8 Å². The van der Waals surface area contributed by atoms with Crippen LogP contribution in [0.25, 0.3) is 10.2 Å². The van der Waals surface area contributed by atoms with Gasteiger partial charge in [-0.2, -0.15) is 4.98 Å². The predicted molar refractivity (Wildman–Crippen MR) is 128 cm³/mol. The van der Waals surface area contributed by atoms with Crippen molar-refractivity contribution in [3.8, 4) is 5.75 Å². The van der Waals surface area contributed by atoms with Crippen LogP contribution < -0.4 is 19.3 Å². The van der Waals surface area contributed by atoms with Crippen LogP contribution in [-0.4, -0.2) is 67.1 Å². The molecule has 2 aliphatic rings. The summed E-state index contributed by atoms with van der Waals surface area (Å²) in [5.74, 6) is 2.56. The lowest BCUT2D eigenvalue weighted by molar-refractivity contribution is 0.122. The van der Waals surface area contributed by atoms with Gasteiger partial charge in [-0.25, -0.2) is 4.98 Å². The van der Waals surface area contributed by atoms with Gasteiger partial charge in [-0.15, -0.1) is 16.1 Å². The van der Waals surface area contributed by atoms with E-state index in [1.165, 1.54) is 0 Å². The van der Waals surface area contributed by atoms with Crippen LogP contribution in [0, 0.1) is 0 Å². The molecule has 2 aliphatic heterocycles. The molecule has 0 bridgehead atoms.